The summed E-state index contributed by atoms with van der Waals surface area (Å²) >= 11 is 5.73. The lowest BCUT2D eigenvalue weighted by Crippen LogP contribution is -2.13. The van der Waals surface area contributed by atoms with Gasteiger partial charge in [-0.25, -0.2) is 4.68 Å². The van der Waals surface area contributed by atoms with E-state index >= 15 is 0 Å². The van der Waals surface area contributed by atoms with Crippen LogP contribution in [-0.4, -0.2) is 37.2 Å². The van der Waals surface area contributed by atoms with E-state index in [0.29, 0.717) is 6.61 Å². The molecule has 0 saturated heterocycles. The van der Waals surface area contributed by atoms with Gasteiger partial charge in [0.1, 0.15) is 5.69 Å². The van der Waals surface area contributed by atoms with Crippen LogP contribution in [0.15, 0.2) is 12.3 Å². The molecule has 0 fully saturated rings. The summed E-state index contributed by atoms with van der Waals surface area (Å²) in [5.74, 6) is -0.495. The second-order valence-corrected chi connectivity index (χ2v) is 3.47. The predicted octanol–water partition coefficient (Wildman–Crippen LogP) is 0.208. The molecule has 2 aromatic heterocycles. The van der Waals surface area contributed by atoms with Crippen molar-refractivity contribution in [2.24, 2.45) is 5.73 Å². The second-order valence-electron chi connectivity index (χ2n) is 3.13. The van der Waals surface area contributed by atoms with Gasteiger partial charge >= 0.3 is 6.01 Å². The van der Waals surface area contributed by atoms with Crippen molar-refractivity contribution < 1.29 is 9.53 Å². The first-order valence-electron chi connectivity index (χ1n) is 5.00. The normalized spacial score (nSPS) is 10.3. The number of ether oxygens (including phenoxy) is 1. The Hall–Kier alpha value is -2.22. The van der Waals surface area contributed by atoms with Crippen LogP contribution in [0.5, 0.6) is 6.01 Å². The van der Waals surface area contributed by atoms with Crippen molar-refractivity contribution in [2.75, 3.05) is 6.61 Å². The smallest absolute Gasteiger partial charge is 0.322 e. The van der Waals surface area contributed by atoms with Crippen LogP contribution in [0.3, 0.4) is 0 Å². The summed E-state index contributed by atoms with van der Waals surface area (Å²) in [5.41, 5.74) is 5.20. The molecule has 2 aromatic rings. The summed E-state index contributed by atoms with van der Waals surface area (Å²) in [5, 5.41) is 3.87. The summed E-state index contributed by atoms with van der Waals surface area (Å²) in [7, 11) is 0. The van der Waals surface area contributed by atoms with Crippen LogP contribution in [0.1, 0.15) is 17.4 Å². The number of hydrogen-bond donors (Lipinski definition) is 1. The molecule has 8 nitrogen and oxygen atoms in total. The lowest BCUT2D eigenvalue weighted by Gasteiger charge is -2.03. The topological polar surface area (TPSA) is 109 Å². The number of nitrogens with zero attached hydrogens (tertiary/aromatic N) is 5. The largest absolute Gasteiger partial charge is 0.464 e. The van der Waals surface area contributed by atoms with Crippen molar-refractivity contribution in [3.63, 3.8) is 0 Å². The van der Waals surface area contributed by atoms with E-state index in [1.165, 1.54) is 16.9 Å². The van der Waals surface area contributed by atoms with Crippen LogP contribution >= 0.6 is 11.6 Å². The lowest BCUT2D eigenvalue weighted by atomic mass is 10.4. The maximum absolute atomic E-state index is 10.9. The van der Waals surface area contributed by atoms with Crippen molar-refractivity contribution in [1.82, 2.24) is 24.7 Å². The highest BCUT2D eigenvalue weighted by atomic mass is 35.5. The Bertz CT molecular complexity index is 584. The van der Waals surface area contributed by atoms with E-state index in [0.717, 1.165) is 0 Å². The third-order valence-electron chi connectivity index (χ3n) is 1.90. The van der Waals surface area contributed by atoms with E-state index in [1.807, 2.05) is 0 Å². The fourth-order valence-corrected chi connectivity index (χ4v) is 1.33. The number of carbonyl (C=O) groups excluding carboxylic acids is 1. The highest BCUT2D eigenvalue weighted by Crippen LogP contribution is 2.11. The first-order valence-corrected chi connectivity index (χ1v) is 5.38. The van der Waals surface area contributed by atoms with Gasteiger partial charge in [-0.2, -0.15) is 20.1 Å². The minimum absolute atomic E-state index is 0.0282. The Kier molecular flexibility index (Phi) is 3.38. The summed E-state index contributed by atoms with van der Waals surface area (Å²) in [6.45, 7) is 2.18. The van der Waals surface area contributed by atoms with Crippen molar-refractivity contribution >= 4 is 17.5 Å². The number of carbonyl (C=O) groups is 1. The fourth-order valence-electron chi connectivity index (χ4n) is 1.18. The third kappa shape index (κ3) is 2.54. The zero-order chi connectivity index (χ0) is 13.1. The molecule has 9 heteroatoms. The number of aromatic nitrogens is 5. The minimum atomic E-state index is -0.640. The van der Waals surface area contributed by atoms with Crippen LogP contribution in [0.2, 0.25) is 5.28 Å². The maximum Gasteiger partial charge on any atom is 0.322 e. The monoisotopic (exact) mass is 268 g/mol. The van der Waals surface area contributed by atoms with Crippen molar-refractivity contribution in [3.8, 4) is 12.0 Å². The van der Waals surface area contributed by atoms with Gasteiger partial charge in [-0.05, 0) is 24.6 Å². The molecule has 1 amide bonds. The van der Waals surface area contributed by atoms with E-state index in [2.05, 4.69) is 20.1 Å². The van der Waals surface area contributed by atoms with Gasteiger partial charge in [0.15, 0.2) is 0 Å². The zero-order valence-electron chi connectivity index (χ0n) is 9.37. The molecule has 0 saturated carbocycles. The quantitative estimate of drug-likeness (QED) is 0.849. The van der Waals surface area contributed by atoms with Crippen LogP contribution in [0.25, 0.3) is 5.95 Å². The summed E-state index contributed by atoms with van der Waals surface area (Å²) < 4.78 is 6.38. The first-order chi connectivity index (χ1) is 8.60. The Labute approximate surface area is 107 Å². The number of nitrogens with two attached hydrogens (primary N) is 1. The molecule has 2 N–H and O–H groups in total. The molecule has 2 heterocycles. The van der Waals surface area contributed by atoms with E-state index in [1.54, 1.807) is 6.92 Å². The molecule has 0 radical (unpaired) electrons. The van der Waals surface area contributed by atoms with Crippen molar-refractivity contribution in [2.45, 2.75) is 6.92 Å². The maximum atomic E-state index is 10.9. The fraction of sp³-hybridized carbons (Fsp3) is 0.222. The summed E-state index contributed by atoms with van der Waals surface area (Å²) in [4.78, 5) is 22.6. The van der Waals surface area contributed by atoms with Crippen LogP contribution in [0.4, 0.5) is 0 Å². The number of hydrogen-bond acceptors (Lipinski definition) is 6. The van der Waals surface area contributed by atoms with E-state index < -0.39 is 5.91 Å². The second kappa shape index (κ2) is 4.96. The van der Waals surface area contributed by atoms with Gasteiger partial charge in [-0.1, -0.05) is 0 Å². The van der Waals surface area contributed by atoms with Gasteiger partial charge in [-0.15, -0.1) is 0 Å². The molecule has 18 heavy (non-hydrogen) atoms. The van der Waals surface area contributed by atoms with E-state index in [-0.39, 0.29) is 22.9 Å². The van der Waals surface area contributed by atoms with E-state index in [9.17, 15) is 4.79 Å². The number of primary amides is 1. The molecule has 0 spiro atoms. The molecule has 0 aliphatic rings. The molecule has 0 atom stereocenters. The first kappa shape index (κ1) is 12.2. The zero-order valence-corrected chi connectivity index (χ0v) is 10.1. The van der Waals surface area contributed by atoms with Gasteiger partial charge in [0, 0.05) is 6.20 Å². The Balaban J connectivity index is 2.39. The summed E-state index contributed by atoms with van der Waals surface area (Å²) in [6.07, 6.45) is 1.49. The predicted molar refractivity (Wildman–Crippen MR) is 61.6 cm³/mol. The molecule has 0 aliphatic carbocycles. The molecule has 2 rings (SSSR count). The molecule has 0 aliphatic heterocycles. The molecule has 0 aromatic carbocycles. The van der Waals surface area contributed by atoms with Gasteiger partial charge < -0.3 is 10.5 Å². The number of halogens is 1. The van der Waals surface area contributed by atoms with Crippen molar-refractivity contribution in [1.29, 1.82) is 0 Å². The molecule has 94 valence electrons. The van der Waals surface area contributed by atoms with Gasteiger partial charge in [0.25, 0.3) is 11.9 Å². The summed E-state index contributed by atoms with van der Waals surface area (Å²) in [6, 6.07) is 1.53. The Morgan fingerprint density at radius 2 is 2.28 bits per heavy atom. The Morgan fingerprint density at radius 1 is 1.50 bits per heavy atom. The van der Waals surface area contributed by atoms with Gasteiger partial charge in [0.2, 0.25) is 5.28 Å². The highest BCUT2D eigenvalue weighted by molar-refractivity contribution is 6.28. The van der Waals surface area contributed by atoms with Gasteiger partial charge in [-0.3, -0.25) is 4.79 Å². The molecular formula is C9H9ClN6O2. The number of rotatable bonds is 4. The average molecular weight is 269 g/mol. The number of amides is 1. The van der Waals surface area contributed by atoms with Crippen LogP contribution < -0.4 is 10.5 Å². The van der Waals surface area contributed by atoms with Crippen molar-refractivity contribution in [3.05, 3.63) is 23.2 Å². The molecule has 0 unspecified atom stereocenters. The average Bonchev–Trinajstić information content (AvgIpc) is 2.78. The standard InChI is InChI=1S/C9H9ClN6O2/c1-2-18-9-13-7(10)12-8(14-9)16-4-3-5(15-16)6(11)17/h3-4H,2H2,1H3,(H2,11,17). The minimum Gasteiger partial charge on any atom is -0.464 e. The van der Waals surface area contributed by atoms with E-state index in [4.69, 9.17) is 22.1 Å². The van der Waals surface area contributed by atoms with Crippen LogP contribution in [-0.2, 0) is 0 Å². The third-order valence-corrected chi connectivity index (χ3v) is 2.06. The Morgan fingerprint density at radius 3 is 2.89 bits per heavy atom. The SMILES string of the molecule is CCOc1nc(Cl)nc(-n2ccc(C(N)=O)n2)n1. The van der Waals surface area contributed by atoms with Gasteiger partial charge in [0.05, 0.1) is 6.61 Å². The molecule has 0 bridgehead atoms. The van der Waals surface area contributed by atoms with Crippen LogP contribution in [0, 0.1) is 0 Å². The molecular weight excluding hydrogens is 260 g/mol. The lowest BCUT2D eigenvalue weighted by molar-refractivity contribution is 0.0995. The highest BCUT2D eigenvalue weighted by Gasteiger charge is 2.11.